The number of hydrogen-bond donors (Lipinski definition) is 2. The fraction of sp³-hybridized carbons (Fsp3) is 0. The average Bonchev–Trinajstić information content (AvgIpc) is 2.02. The lowest BCUT2D eigenvalue weighted by Gasteiger charge is -2.01. The first-order chi connectivity index (χ1) is 5.58. The molecule has 0 fully saturated rings. The Morgan fingerprint density at radius 3 is 2.33 bits per heavy atom. The maximum Gasteiger partial charge on any atom is 0.418 e. The molecular weight excluding hydrogens is 182 g/mol. The van der Waals surface area contributed by atoms with Gasteiger partial charge >= 0.3 is 10.4 Å². The minimum absolute atomic E-state index is 0.440. The highest BCUT2D eigenvalue weighted by Gasteiger charge is 2.02. The molecule has 0 unspecified atom stereocenters. The van der Waals surface area contributed by atoms with E-state index in [1.165, 1.54) is 0 Å². The predicted molar refractivity (Wildman–Crippen MR) is 42.7 cm³/mol. The van der Waals surface area contributed by atoms with Crippen molar-refractivity contribution in [3.05, 3.63) is 30.3 Å². The van der Waals surface area contributed by atoms with Crippen LogP contribution in [0.25, 0.3) is 0 Å². The highest BCUT2D eigenvalue weighted by atomic mass is 32.3. The fourth-order valence-electron chi connectivity index (χ4n) is 0.607. The lowest BCUT2D eigenvalue weighted by Crippen LogP contribution is -2.09. The van der Waals surface area contributed by atoms with E-state index in [4.69, 9.17) is 4.55 Å². The van der Waals surface area contributed by atoms with Crippen molar-refractivity contribution in [3.8, 4) is 0 Å². The molecule has 0 spiro atoms. The van der Waals surface area contributed by atoms with Gasteiger partial charge in [0, 0.05) is 0 Å². The third kappa shape index (κ3) is 3.33. The van der Waals surface area contributed by atoms with Gasteiger partial charge in [0.05, 0.1) is 5.69 Å². The van der Waals surface area contributed by atoms with Gasteiger partial charge in [-0.15, -0.1) is 4.28 Å². The van der Waals surface area contributed by atoms with Gasteiger partial charge in [0.1, 0.15) is 0 Å². The highest BCUT2D eigenvalue weighted by Crippen LogP contribution is 2.05. The fourth-order valence-corrected chi connectivity index (χ4v) is 0.808. The molecule has 0 bridgehead atoms. The standard InChI is InChI=1S/C6H7NO4S/c8-12(9,10)11-7-6-4-2-1-3-5-6/h1-5,7H,(H,8,9,10). The maximum absolute atomic E-state index is 10.1. The molecule has 0 radical (unpaired) electrons. The number of nitrogens with one attached hydrogen (secondary N) is 1. The van der Waals surface area contributed by atoms with Crippen molar-refractivity contribution in [1.29, 1.82) is 0 Å². The van der Waals surface area contributed by atoms with E-state index in [0.29, 0.717) is 5.69 Å². The van der Waals surface area contributed by atoms with Crippen LogP contribution in [-0.4, -0.2) is 13.0 Å². The van der Waals surface area contributed by atoms with E-state index in [1.54, 1.807) is 30.3 Å². The molecule has 0 atom stereocenters. The van der Waals surface area contributed by atoms with Gasteiger partial charge in [-0.3, -0.25) is 4.55 Å². The molecule has 12 heavy (non-hydrogen) atoms. The van der Waals surface area contributed by atoms with E-state index in [-0.39, 0.29) is 0 Å². The Labute approximate surface area is 69.9 Å². The largest absolute Gasteiger partial charge is 0.418 e. The summed E-state index contributed by atoms with van der Waals surface area (Å²) in [5, 5.41) is 0. The minimum Gasteiger partial charge on any atom is -0.262 e. The Bertz CT molecular complexity index is 334. The van der Waals surface area contributed by atoms with Gasteiger partial charge in [0.25, 0.3) is 0 Å². The molecule has 1 aromatic rings. The Morgan fingerprint density at radius 1 is 1.25 bits per heavy atom. The van der Waals surface area contributed by atoms with Gasteiger partial charge in [-0.25, -0.2) is 5.48 Å². The summed E-state index contributed by atoms with van der Waals surface area (Å²) in [7, 11) is -4.43. The first-order valence-electron chi connectivity index (χ1n) is 3.05. The van der Waals surface area contributed by atoms with Gasteiger partial charge in [0.15, 0.2) is 0 Å². The average molecular weight is 189 g/mol. The number of para-hydroxylation sites is 1. The molecule has 2 N–H and O–H groups in total. The zero-order chi connectivity index (χ0) is 9.03. The van der Waals surface area contributed by atoms with Crippen molar-refractivity contribution < 1.29 is 17.3 Å². The van der Waals surface area contributed by atoms with Crippen LogP contribution in [0.2, 0.25) is 0 Å². The third-order valence-corrected chi connectivity index (χ3v) is 1.33. The minimum atomic E-state index is -4.43. The molecule has 0 saturated carbocycles. The molecule has 0 heterocycles. The van der Waals surface area contributed by atoms with Crippen molar-refractivity contribution in [2.75, 3.05) is 5.48 Å². The monoisotopic (exact) mass is 189 g/mol. The van der Waals surface area contributed by atoms with Crippen molar-refractivity contribution in [2.24, 2.45) is 0 Å². The van der Waals surface area contributed by atoms with Gasteiger partial charge < -0.3 is 0 Å². The van der Waals surface area contributed by atoms with Crippen LogP contribution in [0.5, 0.6) is 0 Å². The molecule has 1 rings (SSSR count). The summed E-state index contributed by atoms with van der Waals surface area (Å²) in [6.45, 7) is 0. The van der Waals surface area contributed by atoms with Gasteiger partial charge in [-0.2, -0.15) is 8.42 Å². The summed E-state index contributed by atoms with van der Waals surface area (Å²) in [5.41, 5.74) is 2.49. The van der Waals surface area contributed by atoms with E-state index < -0.39 is 10.4 Å². The molecular formula is C6H7NO4S. The lowest BCUT2D eigenvalue weighted by atomic mass is 10.3. The van der Waals surface area contributed by atoms with E-state index in [1.807, 2.05) is 5.48 Å². The third-order valence-electron chi connectivity index (χ3n) is 1.04. The lowest BCUT2D eigenvalue weighted by molar-refractivity contribution is 0.320. The quantitative estimate of drug-likeness (QED) is 0.544. The molecule has 0 aromatic heterocycles. The smallest absolute Gasteiger partial charge is 0.262 e. The Balaban J connectivity index is 2.56. The van der Waals surface area contributed by atoms with Crippen molar-refractivity contribution >= 4 is 16.1 Å². The van der Waals surface area contributed by atoms with Gasteiger partial charge in [-0.1, -0.05) is 18.2 Å². The van der Waals surface area contributed by atoms with Crippen LogP contribution in [0.4, 0.5) is 5.69 Å². The molecule has 66 valence electrons. The summed E-state index contributed by atoms with van der Waals surface area (Å²) in [6.07, 6.45) is 0. The Kier molecular flexibility index (Phi) is 2.64. The van der Waals surface area contributed by atoms with E-state index in [0.717, 1.165) is 0 Å². The van der Waals surface area contributed by atoms with Crippen molar-refractivity contribution in [2.45, 2.75) is 0 Å². The van der Waals surface area contributed by atoms with E-state index in [2.05, 4.69) is 4.28 Å². The summed E-state index contributed by atoms with van der Waals surface area (Å²) in [4.78, 5) is 0. The first kappa shape index (κ1) is 8.98. The number of benzene rings is 1. The summed E-state index contributed by atoms with van der Waals surface area (Å²) >= 11 is 0. The SMILES string of the molecule is O=S(=O)(O)ONc1ccccc1. The van der Waals surface area contributed by atoms with Crippen LogP contribution in [-0.2, 0) is 14.7 Å². The van der Waals surface area contributed by atoms with Gasteiger partial charge in [-0.05, 0) is 12.1 Å². The van der Waals surface area contributed by atoms with Crippen LogP contribution in [0.1, 0.15) is 0 Å². The van der Waals surface area contributed by atoms with Crippen LogP contribution in [0.3, 0.4) is 0 Å². The normalized spacial score (nSPS) is 11.1. The molecule has 1 aromatic carbocycles. The zero-order valence-corrected chi connectivity index (χ0v) is 6.78. The van der Waals surface area contributed by atoms with Crippen molar-refractivity contribution in [1.82, 2.24) is 0 Å². The molecule has 0 aliphatic rings. The predicted octanol–water partition coefficient (Wildman–Crippen LogP) is 0.833. The second-order valence-corrected chi connectivity index (χ2v) is 3.00. The van der Waals surface area contributed by atoms with Crippen molar-refractivity contribution in [3.63, 3.8) is 0 Å². The Morgan fingerprint density at radius 2 is 1.83 bits per heavy atom. The zero-order valence-electron chi connectivity index (χ0n) is 5.97. The molecule has 0 aliphatic heterocycles. The van der Waals surface area contributed by atoms with Crippen LogP contribution in [0, 0.1) is 0 Å². The van der Waals surface area contributed by atoms with E-state index in [9.17, 15) is 8.42 Å². The second-order valence-electron chi connectivity index (χ2n) is 1.98. The Hall–Kier alpha value is -1.11. The van der Waals surface area contributed by atoms with Gasteiger partial charge in [0.2, 0.25) is 0 Å². The maximum atomic E-state index is 10.1. The number of hydrogen-bond acceptors (Lipinski definition) is 4. The highest BCUT2D eigenvalue weighted by molar-refractivity contribution is 7.80. The van der Waals surface area contributed by atoms with Crippen LogP contribution >= 0.6 is 0 Å². The summed E-state index contributed by atoms with van der Waals surface area (Å²) in [6, 6.07) is 8.32. The topological polar surface area (TPSA) is 75.6 Å². The second kappa shape index (κ2) is 3.53. The van der Waals surface area contributed by atoms with Crippen LogP contribution < -0.4 is 5.48 Å². The summed E-state index contributed by atoms with van der Waals surface area (Å²) < 4.78 is 32.2. The molecule has 0 saturated heterocycles. The molecule has 6 heteroatoms. The molecule has 0 amide bonds. The molecule has 0 aliphatic carbocycles. The number of rotatable bonds is 3. The molecule has 5 nitrogen and oxygen atoms in total. The number of anilines is 1. The first-order valence-corrected chi connectivity index (χ1v) is 4.41. The van der Waals surface area contributed by atoms with E-state index >= 15 is 0 Å². The summed E-state index contributed by atoms with van der Waals surface area (Å²) in [5.74, 6) is 0. The van der Waals surface area contributed by atoms with Crippen LogP contribution in [0.15, 0.2) is 30.3 Å².